The molecule has 128 valence electrons. The normalized spacial score (nSPS) is 12.6. The fourth-order valence-corrected chi connectivity index (χ4v) is 3.07. The van der Waals surface area contributed by atoms with Gasteiger partial charge in [-0.25, -0.2) is 12.8 Å². The lowest BCUT2D eigenvalue weighted by atomic mass is 10.1. The summed E-state index contributed by atoms with van der Waals surface area (Å²) in [6.45, 7) is 1.78. The van der Waals surface area contributed by atoms with Crippen LogP contribution in [0.2, 0.25) is 0 Å². The molecule has 0 aromatic heterocycles. The van der Waals surface area contributed by atoms with Crippen molar-refractivity contribution < 1.29 is 17.6 Å². The maximum Gasteiger partial charge on any atom is 0.238 e. The van der Waals surface area contributed by atoms with Crippen LogP contribution in [0.25, 0.3) is 0 Å². The number of hydrogen-bond donors (Lipinski definition) is 2. The summed E-state index contributed by atoms with van der Waals surface area (Å²) in [4.78, 5) is 12.1. The van der Waals surface area contributed by atoms with E-state index in [4.69, 9.17) is 0 Å². The number of nitrogens with one attached hydrogen (secondary N) is 2. The minimum atomic E-state index is -3.43. The third-order valence-electron chi connectivity index (χ3n) is 3.48. The molecule has 2 N–H and O–H groups in total. The van der Waals surface area contributed by atoms with E-state index in [1.165, 1.54) is 24.3 Å². The molecule has 0 saturated carbocycles. The molecular formula is C17H19FN2O3S. The highest BCUT2D eigenvalue weighted by Gasteiger charge is 2.15. The first-order chi connectivity index (χ1) is 11.3. The zero-order chi connectivity index (χ0) is 17.7. The van der Waals surface area contributed by atoms with Crippen LogP contribution in [-0.4, -0.2) is 27.1 Å². The number of amides is 1. The van der Waals surface area contributed by atoms with Crippen LogP contribution < -0.4 is 10.6 Å². The molecule has 0 spiro atoms. The number of benzene rings is 2. The van der Waals surface area contributed by atoms with Crippen molar-refractivity contribution in [3.63, 3.8) is 0 Å². The molecule has 0 radical (unpaired) electrons. The van der Waals surface area contributed by atoms with Crippen LogP contribution in [0.15, 0.2) is 53.4 Å². The summed E-state index contributed by atoms with van der Waals surface area (Å²) in [5, 5.41) is 5.56. The van der Waals surface area contributed by atoms with Gasteiger partial charge in [0.1, 0.15) is 5.82 Å². The Balaban J connectivity index is 2.00. The van der Waals surface area contributed by atoms with Gasteiger partial charge in [-0.1, -0.05) is 24.3 Å². The van der Waals surface area contributed by atoms with E-state index in [9.17, 15) is 17.6 Å². The van der Waals surface area contributed by atoms with Gasteiger partial charge >= 0.3 is 0 Å². The van der Waals surface area contributed by atoms with Gasteiger partial charge in [-0.2, -0.15) is 0 Å². The Morgan fingerprint density at radius 2 is 1.88 bits per heavy atom. The van der Waals surface area contributed by atoms with Crippen molar-refractivity contribution in [2.75, 3.05) is 18.1 Å². The molecule has 0 unspecified atom stereocenters. The molecule has 0 saturated heterocycles. The summed E-state index contributed by atoms with van der Waals surface area (Å²) < 4.78 is 36.6. The zero-order valence-corrected chi connectivity index (χ0v) is 14.2. The van der Waals surface area contributed by atoms with Crippen molar-refractivity contribution in [3.8, 4) is 0 Å². The number of carbonyl (C=O) groups excluding carboxylic acids is 1. The minimum Gasteiger partial charge on any atom is -0.324 e. The van der Waals surface area contributed by atoms with Crippen LogP contribution in [0.1, 0.15) is 18.5 Å². The number of para-hydroxylation sites is 1. The van der Waals surface area contributed by atoms with E-state index in [1.54, 1.807) is 24.3 Å². The molecule has 2 rings (SSSR count). The molecule has 24 heavy (non-hydrogen) atoms. The van der Waals surface area contributed by atoms with E-state index < -0.39 is 9.84 Å². The summed E-state index contributed by atoms with van der Waals surface area (Å²) in [7, 11) is -3.43. The first-order valence-electron chi connectivity index (χ1n) is 7.35. The highest BCUT2D eigenvalue weighted by Crippen LogP contribution is 2.20. The van der Waals surface area contributed by atoms with Crippen molar-refractivity contribution in [1.82, 2.24) is 5.32 Å². The second-order valence-electron chi connectivity index (χ2n) is 5.47. The standard InChI is InChI=1S/C17H19FN2O3S/c1-12(13-6-5-7-14(18)10-13)19-11-17(21)20-15-8-3-4-9-16(15)24(2,22)23/h3-10,12,19H,11H2,1-2H3,(H,20,21)/t12-/m1/s1. The van der Waals surface area contributed by atoms with Crippen LogP contribution in [0.3, 0.4) is 0 Å². The lowest BCUT2D eigenvalue weighted by molar-refractivity contribution is -0.115. The summed E-state index contributed by atoms with van der Waals surface area (Å²) in [6.07, 6.45) is 1.09. The quantitative estimate of drug-likeness (QED) is 0.839. The second kappa shape index (κ2) is 7.55. The highest BCUT2D eigenvalue weighted by molar-refractivity contribution is 7.90. The molecule has 0 aliphatic rings. The number of halogens is 1. The SMILES string of the molecule is C[C@@H](NCC(=O)Nc1ccccc1S(C)(=O)=O)c1cccc(F)c1. The number of hydrogen-bond acceptors (Lipinski definition) is 4. The fourth-order valence-electron chi connectivity index (χ4n) is 2.23. The van der Waals surface area contributed by atoms with Gasteiger partial charge in [0.2, 0.25) is 5.91 Å². The molecule has 7 heteroatoms. The van der Waals surface area contributed by atoms with Crippen LogP contribution in [-0.2, 0) is 14.6 Å². The van der Waals surface area contributed by atoms with Crippen LogP contribution >= 0.6 is 0 Å². The Labute approximate surface area is 140 Å². The third-order valence-corrected chi connectivity index (χ3v) is 4.63. The largest absolute Gasteiger partial charge is 0.324 e. The van der Waals surface area contributed by atoms with Crippen LogP contribution in [0, 0.1) is 5.82 Å². The van der Waals surface area contributed by atoms with Crippen LogP contribution in [0.5, 0.6) is 0 Å². The lowest BCUT2D eigenvalue weighted by Gasteiger charge is -2.15. The van der Waals surface area contributed by atoms with E-state index in [0.717, 1.165) is 11.8 Å². The molecule has 0 aliphatic heterocycles. The number of carbonyl (C=O) groups is 1. The average molecular weight is 350 g/mol. The van der Waals surface area contributed by atoms with Crippen molar-refractivity contribution in [2.45, 2.75) is 17.9 Å². The van der Waals surface area contributed by atoms with Crippen molar-refractivity contribution in [3.05, 3.63) is 59.9 Å². The maximum atomic E-state index is 13.2. The predicted octanol–water partition coefficient (Wildman–Crippen LogP) is 2.52. The topological polar surface area (TPSA) is 75.3 Å². The molecule has 2 aromatic carbocycles. The minimum absolute atomic E-state index is 0.0320. The van der Waals surface area contributed by atoms with Gasteiger partial charge in [-0.3, -0.25) is 4.79 Å². The first kappa shape index (κ1) is 18.1. The molecule has 0 aliphatic carbocycles. The fraction of sp³-hybridized carbons (Fsp3) is 0.235. The van der Waals surface area contributed by atoms with Gasteiger partial charge in [0, 0.05) is 12.3 Å². The molecule has 1 atom stereocenters. The summed E-state index contributed by atoms with van der Waals surface area (Å²) in [5.41, 5.74) is 0.963. The van der Waals surface area contributed by atoms with Gasteiger partial charge in [-0.05, 0) is 36.8 Å². The van der Waals surface area contributed by atoms with Crippen molar-refractivity contribution in [1.29, 1.82) is 0 Å². The van der Waals surface area contributed by atoms with Gasteiger partial charge < -0.3 is 10.6 Å². The Kier molecular flexibility index (Phi) is 5.69. The number of sulfone groups is 1. The van der Waals surface area contributed by atoms with Gasteiger partial charge in [0.05, 0.1) is 17.1 Å². The van der Waals surface area contributed by atoms with E-state index in [-0.39, 0.29) is 34.9 Å². The first-order valence-corrected chi connectivity index (χ1v) is 9.24. The van der Waals surface area contributed by atoms with Gasteiger partial charge in [0.25, 0.3) is 0 Å². The molecule has 5 nitrogen and oxygen atoms in total. The Morgan fingerprint density at radius 1 is 1.17 bits per heavy atom. The number of rotatable bonds is 6. The summed E-state index contributed by atoms with van der Waals surface area (Å²) in [5.74, 6) is -0.720. The molecule has 0 heterocycles. The monoisotopic (exact) mass is 350 g/mol. The van der Waals surface area contributed by atoms with Gasteiger partial charge in [0.15, 0.2) is 9.84 Å². The smallest absolute Gasteiger partial charge is 0.238 e. The molecule has 2 aromatic rings. The number of anilines is 1. The van der Waals surface area contributed by atoms with Crippen molar-refractivity contribution in [2.24, 2.45) is 0 Å². The van der Waals surface area contributed by atoms with E-state index in [2.05, 4.69) is 10.6 Å². The third kappa shape index (κ3) is 4.87. The Morgan fingerprint density at radius 3 is 2.54 bits per heavy atom. The maximum absolute atomic E-state index is 13.2. The summed E-state index contributed by atoms with van der Waals surface area (Å²) >= 11 is 0. The molecule has 1 amide bonds. The average Bonchev–Trinajstić information content (AvgIpc) is 2.52. The predicted molar refractivity (Wildman–Crippen MR) is 91.0 cm³/mol. The zero-order valence-electron chi connectivity index (χ0n) is 13.4. The van der Waals surface area contributed by atoms with E-state index in [1.807, 2.05) is 6.92 Å². The summed E-state index contributed by atoms with van der Waals surface area (Å²) in [6, 6.07) is 12.1. The molecule has 0 fully saturated rings. The molecular weight excluding hydrogens is 331 g/mol. The van der Waals surface area contributed by atoms with Gasteiger partial charge in [-0.15, -0.1) is 0 Å². The Hall–Kier alpha value is -2.25. The van der Waals surface area contributed by atoms with Crippen molar-refractivity contribution >= 4 is 21.4 Å². The van der Waals surface area contributed by atoms with E-state index >= 15 is 0 Å². The Bertz CT molecular complexity index is 837. The van der Waals surface area contributed by atoms with Crippen LogP contribution in [0.4, 0.5) is 10.1 Å². The highest BCUT2D eigenvalue weighted by atomic mass is 32.2. The lowest BCUT2D eigenvalue weighted by Crippen LogP contribution is -2.30. The second-order valence-corrected chi connectivity index (χ2v) is 7.46. The van der Waals surface area contributed by atoms with E-state index in [0.29, 0.717) is 0 Å². The molecule has 0 bridgehead atoms.